The molecule has 0 aliphatic carbocycles. The van der Waals surface area contributed by atoms with E-state index in [0.29, 0.717) is 12.8 Å². The number of nitrogens with one attached hydrogen (secondary N) is 2. The van der Waals surface area contributed by atoms with E-state index in [1.54, 1.807) is 0 Å². The molecule has 9 heteroatoms. The van der Waals surface area contributed by atoms with Gasteiger partial charge in [-0.3, -0.25) is 9.36 Å². The lowest BCUT2D eigenvalue weighted by Gasteiger charge is -2.18. The standard InChI is InChI=1S/C15H23N2O6P/c1-3-4-10-13(14(18)17-23-24(2,20)21)16-15(19)22-11-12-8-6-5-7-9-12/h5-9,13H,3-4,10-11H2,1-2H3,(H,16,19)(H,17,18)(H,20,21)/t13-/m0/s1. The summed E-state index contributed by atoms with van der Waals surface area (Å²) in [6.45, 7) is 2.95. The molecular formula is C15H23N2O6P. The molecule has 1 rings (SSSR count). The predicted molar refractivity (Wildman–Crippen MR) is 88.1 cm³/mol. The van der Waals surface area contributed by atoms with Crippen LogP contribution in [0, 0.1) is 0 Å². The van der Waals surface area contributed by atoms with Gasteiger partial charge in [0.15, 0.2) is 0 Å². The van der Waals surface area contributed by atoms with Crippen LogP contribution in [0.3, 0.4) is 0 Å². The number of unbranched alkanes of at least 4 members (excludes halogenated alkanes) is 1. The molecule has 0 heterocycles. The molecule has 0 saturated heterocycles. The van der Waals surface area contributed by atoms with Crippen molar-refractivity contribution in [1.82, 2.24) is 10.8 Å². The second-order valence-corrected chi connectivity index (χ2v) is 7.05. The van der Waals surface area contributed by atoms with Crippen LogP contribution in [0.1, 0.15) is 31.7 Å². The highest BCUT2D eigenvalue weighted by Gasteiger charge is 2.23. The second kappa shape index (κ2) is 10.1. The van der Waals surface area contributed by atoms with E-state index in [1.807, 2.05) is 42.7 Å². The third-order valence-corrected chi connectivity index (χ3v) is 3.41. The Morgan fingerprint density at radius 1 is 1.29 bits per heavy atom. The largest absolute Gasteiger partial charge is 0.445 e. The Labute approximate surface area is 141 Å². The normalized spacial score (nSPS) is 14.3. The minimum absolute atomic E-state index is 0.0755. The van der Waals surface area contributed by atoms with Crippen LogP contribution in [-0.2, 0) is 25.3 Å². The highest BCUT2D eigenvalue weighted by Crippen LogP contribution is 2.34. The number of amides is 2. The van der Waals surface area contributed by atoms with Crippen molar-refractivity contribution >= 4 is 19.6 Å². The highest BCUT2D eigenvalue weighted by molar-refractivity contribution is 7.51. The van der Waals surface area contributed by atoms with Crippen LogP contribution in [0.25, 0.3) is 0 Å². The van der Waals surface area contributed by atoms with Crippen molar-refractivity contribution in [2.45, 2.75) is 38.8 Å². The van der Waals surface area contributed by atoms with Gasteiger partial charge in [-0.1, -0.05) is 50.1 Å². The molecule has 1 aromatic carbocycles. The zero-order chi connectivity index (χ0) is 18.0. The Bertz CT molecular complexity index is 575. The summed E-state index contributed by atoms with van der Waals surface area (Å²) in [6.07, 6.45) is 1.10. The van der Waals surface area contributed by atoms with Gasteiger partial charge in [-0.05, 0) is 12.0 Å². The Balaban J connectivity index is 2.52. The van der Waals surface area contributed by atoms with Gasteiger partial charge in [0.2, 0.25) is 0 Å². The fraction of sp³-hybridized carbons (Fsp3) is 0.467. The van der Waals surface area contributed by atoms with Gasteiger partial charge in [-0.15, -0.1) is 0 Å². The Morgan fingerprint density at radius 3 is 2.54 bits per heavy atom. The lowest BCUT2D eigenvalue weighted by molar-refractivity contribution is -0.130. The van der Waals surface area contributed by atoms with E-state index in [2.05, 4.69) is 9.94 Å². The van der Waals surface area contributed by atoms with Crippen LogP contribution in [-0.4, -0.2) is 29.6 Å². The lowest BCUT2D eigenvalue weighted by atomic mass is 10.1. The average Bonchev–Trinajstić information content (AvgIpc) is 2.54. The van der Waals surface area contributed by atoms with Gasteiger partial charge in [0.1, 0.15) is 12.6 Å². The van der Waals surface area contributed by atoms with Crippen LogP contribution < -0.4 is 10.8 Å². The number of ether oxygens (including phenoxy) is 1. The molecule has 0 bridgehead atoms. The van der Waals surface area contributed by atoms with Crippen LogP contribution in [0.15, 0.2) is 30.3 Å². The molecular weight excluding hydrogens is 335 g/mol. The van der Waals surface area contributed by atoms with Gasteiger partial charge < -0.3 is 14.9 Å². The minimum Gasteiger partial charge on any atom is -0.445 e. The molecule has 1 aromatic rings. The Morgan fingerprint density at radius 2 is 1.96 bits per heavy atom. The first kappa shape index (κ1) is 20.2. The monoisotopic (exact) mass is 358 g/mol. The first-order chi connectivity index (χ1) is 11.3. The van der Waals surface area contributed by atoms with Crippen LogP contribution in [0.2, 0.25) is 0 Å². The SMILES string of the molecule is CCCC[C@H](NC(=O)OCc1ccccc1)C(=O)NOP(C)(=O)O. The summed E-state index contributed by atoms with van der Waals surface area (Å²) < 4.78 is 20.5. The number of carbonyl (C=O) groups excluding carboxylic acids is 2. The van der Waals surface area contributed by atoms with Crippen molar-refractivity contribution in [1.29, 1.82) is 0 Å². The molecule has 2 atom stereocenters. The number of alkyl carbamates (subject to hydrolysis) is 1. The summed E-state index contributed by atoms with van der Waals surface area (Å²) in [5.74, 6) is -0.712. The van der Waals surface area contributed by atoms with Crippen molar-refractivity contribution in [3.05, 3.63) is 35.9 Å². The Hall–Kier alpha value is -1.89. The average molecular weight is 358 g/mol. The van der Waals surface area contributed by atoms with Crippen molar-refractivity contribution in [3.63, 3.8) is 0 Å². The molecule has 0 aliphatic rings. The summed E-state index contributed by atoms with van der Waals surface area (Å²) in [5.41, 5.74) is 2.71. The quantitative estimate of drug-likeness (QED) is 0.461. The fourth-order valence-electron chi connectivity index (χ4n) is 1.78. The molecule has 0 saturated carbocycles. The van der Waals surface area contributed by atoms with E-state index in [4.69, 9.17) is 9.63 Å². The van der Waals surface area contributed by atoms with Crippen molar-refractivity contribution < 1.29 is 28.4 Å². The molecule has 2 amide bonds. The summed E-state index contributed by atoms with van der Waals surface area (Å²) in [5, 5.41) is 2.43. The van der Waals surface area contributed by atoms with Crippen LogP contribution in [0.4, 0.5) is 4.79 Å². The van der Waals surface area contributed by atoms with Crippen LogP contribution >= 0.6 is 7.60 Å². The van der Waals surface area contributed by atoms with Crippen molar-refractivity contribution in [2.24, 2.45) is 0 Å². The fourth-order valence-corrected chi connectivity index (χ4v) is 2.04. The second-order valence-electron chi connectivity index (χ2n) is 5.26. The number of hydroxylamine groups is 1. The predicted octanol–water partition coefficient (Wildman–Crippen LogP) is 2.33. The molecule has 0 radical (unpaired) electrons. The van der Waals surface area contributed by atoms with Crippen molar-refractivity contribution in [2.75, 3.05) is 6.66 Å². The van der Waals surface area contributed by atoms with Gasteiger partial charge in [-0.2, -0.15) is 4.62 Å². The summed E-state index contributed by atoms with van der Waals surface area (Å²) in [6, 6.07) is 8.19. The number of rotatable bonds is 9. The molecule has 0 fully saturated rings. The van der Waals surface area contributed by atoms with E-state index in [0.717, 1.165) is 18.6 Å². The first-order valence-electron chi connectivity index (χ1n) is 7.57. The maximum atomic E-state index is 12.0. The topological polar surface area (TPSA) is 114 Å². The molecule has 0 aliphatic heterocycles. The minimum atomic E-state index is -3.85. The van der Waals surface area contributed by atoms with E-state index in [-0.39, 0.29) is 6.61 Å². The van der Waals surface area contributed by atoms with Gasteiger partial charge in [0.05, 0.1) is 0 Å². The van der Waals surface area contributed by atoms with Crippen LogP contribution in [0.5, 0.6) is 0 Å². The van der Waals surface area contributed by atoms with Crippen molar-refractivity contribution in [3.8, 4) is 0 Å². The number of carbonyl (C=O) groups is 2. The highest BCUT2D eigenvalue weighted by atomic mass is 31.2. The Kier molecular flexibility index (Phi) is 8.46. The smallest absolute Gasteiger partial charge is 0.408 e. The summed E-state index contributed by atoms with van der Waals surface area (Å²) >= 11 is 0. The van der Waals surface area contributed by atoms with E-state index >= 15 is 0 Å². The van der Waals surface area contributed by atoms with E-state index in [9.17, 15) is 14.2 Å². The number of benzene rings is 1. The third kappa shape index (κ3) is 8.67. The van der Waals surface area contributed by atoms with Gasteiger partial charge >= 0.3 is 13.7 Å². The number of hydrogen-bond donors (Lipinski definition) is 3. The maximum Gasteiger partial charge on any atom is 0.408 e. The lowest BCUT2D eigenvalue weighted by Crippen LogP contribution is -2.46. The molecule has 3 N–H and O–H groups in total. The van der Waals surface area contributed by atoms with E-state index < -0.39 is 25.6 Å². The molecule has 1 unspecified atom stereocenters. The molecule has 0 aromatic heterocycles. The zero-order valence-electron chi connectivity index (χ0n) is 13.7. The summed E-state index contributed by atoms with van der Waals surface area (Å²) in [7, 11) is -3.85. The third-order valence-electron chi connectivity index (χ3n) is 2.98. The maximum absolute atomic E-state index is 12.0. The van der Waals surface area contributed by atoms with E-state index in [1.165, 1.54) is 0 Å². The molecule has 0 spiro atoms. The zero-order valence-corrected chi connectivity index (χ0v) is 14.6. The van der Waals surface area contributed by atoms with Gasteiger partial charge in [-0.25, -0.2) is 10.3 Å². The van der Waals surface area contributed by atoms with Gasteiger partial charge in [0.25, 0.3) is 5.91 Å². The summed E-state index contributed by atoms with van der Waals surface area (Å²) in [4.78, 5) is 32.8. The first-order valence-corrected chi connectivity index (χ1v) is 9.60. The molecule has 8 nitrogen and oxygen atoms in total. The molecule has 134 valence electrons. The number of hydrogen-bond acceptors (Lipinski definition) is 5. The van der Waals surface area contributed by atoms with Gasteiger partial charge in [0, 0.05) is 6.66 Å². The molecule has 24 heavy (non-hydrogen) atoms.